The maximum absolute atomic E-state index is 12.4. The summed E-state index contributed by atoms with van der Waals surface area (Å²) >= 11 is 0. The van der Waals surface area contributed by atoms with Crippen LogP contribution in [0.4, 0.5) is 5.69 Å². The molecule has 1 heterocycles. The Hall–Kier alpha value is -3.21. The summed E-state index contributed by atoms with van der Waals surface area (Å²) in [7, 11) is 3.16. The van der Waals surface area contributed by atoms with Crippen molar-refractivity contribution in [3.8, 4) is 11.5 Å². The number of nitrogens with one attached hydrogen (secondary N) is 2. The minimum atomic E-state index is -0.190. The highest BCUT2D eigenvalue weighted by Gasteiger charge is 2.08. The Balaban J connectivity index is 0.00000341. The normalized spacial score (nSPS) is 10.7. The quantitative estimate of drug-likeness (QED) is 0.230. The SMILES string of the molecule is COc1ccc(OC)c(NC(N)=NCc2cccc(C(=O)NCc3ccco3)c2)c1.I. The average molecular weight is 536 g/mol. The van der Waals surface area contributed by atoms with Crippen molar-refractivity contribution in [2.75, 3.05) is 19.5 Å². The standard InChI is InChI=1S/C22H24N4O4.HI/c1-28-17-8-9-20(29-2)19(12-17)26-22(23)25-13-15-5-3-6-16(11-15)21(27)24-14-18-7-4-10-30-18;/h3-12H,13-14H2,1-2H3,(H,24,27)(H3,23,25,26);1H. The molecule has 0 aliphatic heterocycles. The number of ether oxygens (including phenoxy) is 2. The number of methoxy groups -OCH3 is 2. The molecule has 31 heavy (non-hydrogen) atoms. The van der Waals surface area contributed by atoms with Gasteiger partial charge in [-0.05, 0) is 42.0 Å². The molecule has 0 bridgehead atoms. The number of carbonyl (C=O) groups excluding carboxylic acids is 1. The predicted octanol–water partition coefficient (Wildman–Crippen LogP) is 3.77. The van der Waals surface area contributed by atoms with Gasteiger partial charge in [0.1, 0.15) is 17.3 Å². The highest BCUT2D eigenvalue weighted by molar-refractivity contribution is 14.0. The monoisotopic (exact) mass is 536 g/mol. The van der Waals surface area contributed by atoms with Gasteiger partial charge in [-0.3, -0.25) is 4.79 Å². The molecular formula is C22H25IN4O4. The van der Waals surface area contributed by atoms with Gasteiger partial charge in [-0.1, -0.05) is 12.1 Å². The Labute approximate surface area is 197 Å². The third kappa shape index (κ3) is 6.92. The Morgan fingerprint density at radius 1 is 1.10 bits per heavy atom. The zero-order chi connectivity index (χ0) is 21.3. The summed E-state index contributed by atoms with van der Waals surface area (Å²) in [6, 6.07) is 16.1. The second-order valence-electron chi connectivity index (χ2n) is 6.36. The molecular weight excluding hydrogens is 511 g/mol. The summed E-state index contributed by atoms with van der Waals surface area (Å²) in [4.78, 5) is 16.7. The molecule has 0 unspecified atom stereocenters. The van der Waals surface area contributed by atoms with Crippen LogP contribution >= 0.6 is 24.0 Å². The first-order valence-electron chi connectivity index (χ1n) is 9.27. The van der Waals surface area contributed by atoms with Crippen molar-refractivity contribution in [3.63, 3.8) is 0 Å². The molecule has 1 amide bonds. The van der Waals surface area contributed by atoms with Gasteiger partial charge >= 0.3 is 0 Å². The highest BCUT2D eigenvalue weighted by atomic mass is 127. The Kier molecular flexibility index (Phi) is 9.19. The fourth-order valence-corrected chi connectivity index (χ4v) is 2.76. The van der Waals surface area contributed by atoms with Crippen LogP contribution in [0.1, 0.15) is 21.7 Å². The van der Waals surface area contributed by atoms with Crippen molar-refractivity contribution in [1.82, 2.24) is 5.32 Å². The van der Waals surface area contributed by atoms with E-state index in [4.69, 9.17) is 19.6 Å². The molecule has 0 saturated heterocycles. The van der Waals surface area contributed by atoms with Crippen LogP contribution in [0.5, 0.6) is 11.5 Å². The van der Waals surface area contributed by atoms with Gasteiger partial charge < -0.3 is 30.3 Å². The maximum atomic E-state index is 12.4. The Morgan fingerprint density at radius 3 is 2.65 bits per heavy atom. The Morgan fingerprint density at radius 2 is 1.94 bits per heavy atom. The van der Waals surface area contributed by atoms with Crippen molar-refractivity contribution in [3.05, 3.63) is 77.7 Å². The second kappa shape index (κ2) is 11.8. The molecule has 1 aromatic heterocycles. The van der Waals surface area contributed by atoms with Crippen LogP contribution in [0.25, 0.3) is 0 Å². The summed E-state index contributed by atoms with van der Waals surface area (Å²) in [5.74, 6) is 2.00. The number of hydrogen-bond acceptors (Lipinski definition) is 5. The van der Waals surface area contributed by atoms with E-state index in [1.54, 1.807) is 69.0 Å². The lowest BCUT2D eigenvalue weighted by molar-refractivity contribution is 0.0948. The van der Waals surface area contributed by atoms with Gasteiger partial charge in [0.15, 0.2) is 5.96 Å². The molecule has 3 aromatic rings. The molecule has 3 rings (SSSR count). The van der Waals surface area contributed by atoms with Crippen molar-refractivity contribution >= 4 is 41.5 Å². The van der Waals surface area contributed by atoms with E-state index in [1.807, 2.05) is 6.07 Å². The number of anilines is 1. The number of rotatable bonds is 8. The van der Waals surface area contributed by atoms with E-state index in [1.165, 1.54) is 0 Å². The molecule has 0 fully saturated rings. The third-order valence-electron chi connectivity index (χ3n) is 4.29. The molecule has 0 aliphatic rings. The lowest BCUT2D eigenvalue weighted by atomic mass is 10.1. The smallest absolute Gasteiger partial charge is 0.251 e. The van der Waals surface area contributed by atoms with E-state index in [0.717, 1.165) is 5.56 Å². The van der Waals surface area contributed by atoms with Crippen LogP contribution in [-0.2, 0) is 13.1 Å². The lowest BCUT2D eigenvalue weighted by Crippen LogP contribution is -2.23. The zero-order valence-corrected chi connectivity index (χ0v) is 19.6. The van der Waals surface area contributed by atoms with Crippen LogP contribution in [-0.4, -0.2) is 26.1 Å². The van der Waals surface area contributed by atoms with Gasteiger partial charge in [-0.15, -0.1) is 24.0 Å². The first-order valence-corrected chi connectivity index (χ1v) is 9.27. The molecule has 8 nitrogen and oxygen atoms in total. The van der Waals surface area contributed by atoms with E-state index < -0.39 is 0 Å². The molecule has 0 aliphatic carbocycles. The van der Waals surface area contributed by atoms with Crippen molar-refractivity contribution < 1.29 is 18.7 Å². The highest BCUT2D eigenvalue weighted by Crippen LogP contribution is 2.28. The molecule has 0 spiro atoms. The van der Waals surface area contributed by atoms with Gasteiger partial charge in [-0.2, -0.15) is 0 Å². The van der Waals surface area contributed by atoms with Crippen molar-refractivity contribution in [1.29, 1.82) is 0 Å². The number of carbonyl (C=O) groups is 1. The number of halogens is 1. The number of nitrogens with zero attached hydrogens (tertiary/aromatic N) is 1. The topological polar surface area (TPSA) is 111 Å². The molecule has 0 radical (unpaired) electrons. The fraction of sp³-hybridized carbons (Fsp3) is 0.182. The summed E-state index contributed by atoms with van der Waals surface area (Å²) in [5.41, 5.74) is 8.05. The van der Waals surface area contributed by atoms with Crippen LogP contribution in [0, 0.1) is 0 Å². The first kappa shape index (κ1) is 24.1. The number of furan rings is 1. The van der Waals surface area contributed by atoms with Crippen LogP contribution in [0.3, 0.4) is 0 Å². The largest absolute Gasteiger partial charge is 0.497 e. The van der Waals surface area contributed by atoms with Gasteiger partial charge in [0.05, 0.1) is 39.3 Å². The number of nitrogens with two attached hydrogens (primary N) is 1. The first-order chi connectivity index (χ1) is 14.6. The molecule has 0 atom stereocenters. The summed E-state index contributed by atoms with van der Waals surface area (Å²) < 4.78 is 15.8. The maximum Gasteiger partial charge on any atom is 0.251 e. The van der Waals surface area contributed by atoms with E-state index in [0.29, 0.717) is 41.6 Å². The number of aliphatic imine (C=N–C) groups is 1. The number of hydrogen-bond donors (Lipinski definition) is 3. The minimum absolute atomic E-state index is 0. The summed E-state index contributed by atoms with van der Waals surface area (Å²) in [6.45, 7) is 0.637. The van der Waals surface area contributed by atoms with E-state index in [9.17, 15) is 4.79 Å². The number of benzene rings is 2. The van der Waals surface area contributed by atoms with Crippen LogP contribution in [0.15, 0.2) is 70.3 Å². The molecule has 0 saturated carbocycles. The van der Waals surface area contributed by atoms with Crippen LogP contribution in [0.2, 0.25) is 0 Å². The van der Waals surface area contributed by atoms with Crippen molar-refractivity contribution in [2.24, 2.45) is 10.7 Å². The van der Waals surface area contributed by atoms with E-state index in [-0.39, 0.29) is 35.8 Å². The summed E-state index contributed by atoms with van der Waals surface area (Å²) in [5, 5.41) is 5.83. The second-order valence-corrected chi connectivity index (χ2v) is 6.36. The fourth-order valence-electron chi connectivity index (χ4n) is 2.76. The van der Waals surface area contributed by atoms with Gasteiger partial charge in [0.25, 0.3) is 5.91 Å². The number of amides is 1. The molecule has 2 aromatic carbocycles. The van der Waals surface area contributed by atoms with E-state index in [2.05, 4.69) is 15.6 Å². The minimum Gasteiger partial charge on any atom is -0.497 e. The van der Waals surface area contributed by atoms with Gasteiger partial charge in [0, 0.05) is 11.6 Å². The molecule has 4 N–H and O–H groups in total. The van der Waals surface area contributed by atoms with E-state index >= 15 is 0 Å². The Bertz CT molecular complexity index is 1020. The van der Waals surface area contributed by atoms with Gasteiger partial charge in [-0.25, -0.2) is 4.99 Å². The average Bonchev–Trinajstić information content (AvgIpc) is 3.30. The number of guanidine groups is 1. The third-order valence-corrected chi connectivity index (χ3v) is 4.29. The molecule has 9 heteroatoms. The van der Waals surface area contributed by atoms with Crippen molar-refractivity contribution in [2.45, 2.75) is 13.1 Å². The predicted molar refractivity (Wildman–Crippen MR) is 130 cm³/mol. The van der Waals surface area contributed by atoms with Crippen LogP contribution < -0.4 is 25.8 Å². The lowest BCUT2D eigenvalue weighted by Gasteiger charge is -2.12. The summed E-state index contributed by atoms with van der Waals surface area (Å²) in [6.07, 6.45) is 1.57. The van der Waals surface area contributed by atoms with Gasteiger partial charge in [0.2, 0.25) is 0 Å². The zero-order valence-electron chi connectivity index (χ0n) is 17.3. The molecule has 164 valence electrons.